The van der Waals surface area contributed by atoms with Gasteiger partial charge in [-0.15, -0.1) is 23.5 Å². The van der Waals surface area contributed by atoms with E-state index in [2.05, 4.69) is 20.6 Å². The Bertz CT molecular complexity index is 2870. The standard InChI is InChI=1S/C46H41N7O8S2/c1-59-45(57)50-39(26-9-5-3-6-10-26)43(55)52-24-62-22-35(52)33-18-30(20-47-33)28-13-15-31-38(19-28)61-37-16-14-29(17-32(37)41(31)54)34-21-48-42(49-34)36-23-63-25-53(36)44(56)40(51-46(58)60-2)27-11-7-4-8-12-27/h3-17,19-21,35-36,39-40H,18,22-25H2,1-2H3,(H,48,49)(H,50,57)(H,51,58)/t35-,36-,39+,40+/m0/s1. The lowest BCUT2D eigenvalue weighted by atomic mass is 9.98. The van der Waals surface area contributed by atoms with E-state index in [-0.39, 0.29) is 29.3 Å². The third-order valence-corrected chi connectivity index (χ3v) is 13.4. The van der Waals surface area contributed by atoms with Crippen LogP contribution in [-0.2, 0) is 19.1 Å². The van der Waals surface area contributed by atoms with Gasteiger partial charge in [-0.2, -0.15) is 0 Å². The summed E-state index contributed by atoms with van der Waals surface area (Å²) in [6, 6.07) is 26.5. The normalized spacial score (nSPS) is 18.2. The summed E-state index contributed by atoms with van der Waals surface area (Å²) in [6.07, 6.45) is 2.58. The number of fused-ring (bicyclic) bond motifs is 2. The molecule has 0 spiro atoms. The van der Waals surface area contributed by atoms with Crippen LogP contribution in [0.4, 0.5) is 9.59 Å². The number of ether oxygens (including phenoxy) is 2. The summed E-state index contributed by atoms with van der Waals surface area (Å²) in [7, 11) is 2.52. The molecule has 9 rings (SSSR count). The largest absolute Gasteiger partial charge is 0.456 e. The Morgan fingerprint density at radius 3 is 1.98 bits per heavy atom. The van der Waals surface area contributed by atoms with E-state index in [0.29, 0.717) is 74.3 Å². The number of carbonyl (C=O) groups excluding carboxylic acids is 4. The van der Waals surface area contributed by atoms with E-state index in [1.165, 1.54) is 14.2 Å². The fraction of sp³-hybridized carbons (Fsp3) is 0.239. The summed E-state index contributed by atoms with van der Waals surface area (Å²) in [5.41, 5.74) is 5.94. The number of imidazole rings is 1. The molecule has 6 aromatic rings. The molecule has 17 heteroatoms. The van der Waals surface area contributed by atoms with Gasteiger partial charge in [0.1, 0.15) is 29.1 Å². The number of allylic oxidation sites excluding steroid dienone is 1. The lowest BCUT2D eigenvalue weighted by Crippen LogP contribution is -2.47. The maximum atomic E-state index is 14.0. The van der Waals surface area contributed by atoms with Gasteiger partial charge in [0, 0.05) is 35.4 Å². The van der Waals surface area contributed by atoms with E-state index >= 15 is 0 Å². The Morgan fingerprint density at radius 1 is 0.746 bits per heavy atom. The van der Waals surface area contributed by atoms with Gasteiger partial charge in [-0.1, -0.05) is 66.7 Å². The lowest BCUT2D eigenvalue weighted by Gasteiger charge is -2.29. The summed E-state index contributed by atoms with van der Waals surface area (Å²) in [6.45, 7) is 0. The van der Waals surface area contributed by atoms with Crippen molar-refractivity contribution in [2.75, 3.05) is 37.5 Å². The molecule has 63 heavy (non-hydrogen) atoms. The number of carbonyl (C=O) groups is 4. The molecule has 0 bridgehead atoms. The average Bonchev–Trinajstić information content (AvgIpc) is 4.17. The predicted molar refractivity (Wildman–Crippen MR) is 242 cm³/mol. The fourth-order valence-corrected chi connectivity index (χ4v) is 10.5. The summed E-state index contributed by atoms with van der Waals surface area (Å²) in [5, 5.41) is 6.21. The van der Waals surface area contributed by atoms with Crippen molar-refractivity contribution in [3.05, 3.63) is 142 Å². The highest BCUT2D eigenvalue weighted by atomic mass is 32.2. The van der Waals surface area contributed by atoms with Crippen LogP contribution in [0.5, 0.6) is 0 Å². The zero-order valence-electron chi connectivity index (χ0n) is 34.1. The maximum absolute atomic E-state index is 14.0. The van der Waals surface area contributed by atoms with Crippen molar-refractivity contribution in [1.82, 2.24) is 30.4 Å². The lowest BCUT2D eigenvalue weighted by molar-refractivity contribution is -0.134. The number of aromatic nitrogens is 2. The Kier molecular flexibility index (Phi) is 11.8. The van der Waals surface area contributed by atoms with Crippen LogP contribution in [0.2, 0.25) is 0 Å². The Balaban J connectivity index is 0.911. The molecule has 4 aromatic carbocycles. The first kappa shape index (κ1) is 41.5. The van der Waals surface area contributed by atoms with E-state index in [1.54, 1.807) is 100 Å². The van der Waals surface area contributed by atoms with E-state index in [0.717, 1.165) is 22.4 Å². The van der Waals surface area contributed by atoms with Crippen molar-refractivity contribution in [2.45, 2.75) is 30.6 Å². The second kappa shape index (κ2) is 17.9. The minimum Gasteiger partial charge on any atom is -0.456 e. The van der Waals surface area contributed by atoms with Gasteiger partial charge in [-0.25, -0.2) is 14.6 Å². The van der Waals surface area contributed by atoms with Crippen LogP contribution in [0.3, 0.4) is 0 Å². The van der Waals surface area contributed by atoms with Crippen LogP contribution in [0.25, 0.3) is 38.8 Å². The summed E-state index contributed by atoms with van der Waals surface area (Å²) < 4.78 is 16.0. The highest BCUT2D eigenvalue weighted by Gasteiger charge is 2.40. The Hall–Kier alpha value is -6.85. The second-order valence-corrected chi connectivity index (χ2v) is 17.1. The topological polar surface area (TPSA) is 189 Å². The van der Waals surface area contributed by atoms with Crippen LogP contribution in [0.15, 0.2) is 124 Å². The van der Waals surface area contributed by atoms with E-state index in [4.69, 9.17) is 18.9 Å². The minimum absolute atomic E-state index is 0.184. The average molecular weight is 884 g/mol. The Morgan fingerprint density at radius 2 is 1.35 bits per heavy atom. The van der Waals surface area contributed by atoms with E-state index in [9.17, 15) is 24.0 Å². The molecule has 0 aliphatic carbocycles. The number of methoxy groups -OCH3 is 2. The number of benzene rings is 4. The monoisotopic (exact) mass is 883 g/mol. The van der Waals surface area contributed by atoms with Gasteiger partial charge in [0.15, 0.2) is 0 Å². The van der Waals surface area contributed by atoms with Crippen LogP contribution >= 0.6 is 23.5 Å². The number of nitrogens with one attached hydrogen (secondary N) is 3. The number of rotatable bonds is 10. The maximum Gasteiger partial charge on any atom is 0.407 e. The third-order valence-electron chi connectivity index (χ3n) is 11.4. The predicted octanol–water partition coefficient (Wildman–Crippen LogP) is 7.19. The highest BCUT2D eigenvalue weighted by molar-refractivity contribution is 7.99. The molecule has 3 aliphatic rings. The first-order valence-electron chi connectivity index (χ1n) is 20.1. The third kappa shape index (κ3) is 8.28. The molecule has 2 aromatic heterocycles. The second-order valence-electron chi connectivity index (χ2n) is 15.1. The molecular weight excluding hydrogens is 843 g/mol. The molecular formula is C46H41N7O8S2. The van der Waals surface area contributed by atoms with Gasteiger partial charge in [0.05, 0.1) is 60.7 Å². The highest BCUT2D eigenvalue weighted by Crippen LogP contribution is 2.37. The number of amides is 4. The summed E-state index contributed by atoms with van der Waals surface area (Å²) >= 11 is 3.21. The first-order valence-corrected chi connectivity index (χ1v) is 22.4. The van der Waals surface area contributed by atoms with Crippen LogP contribution < -0.4 is 16.1 Å². The zero-order chi connectivity index (χ0) is 43.6. The van der Waals surface area contributed by atoms with Crippen LogP contribution in [-0.4, -0.2) is 93.0 Å². The number of alkyl carbamates (subject to hydrolysis) is 2. The quantitative estimate of drug-likeness (QED) is 0.118. The molecule has 3 N–H and O–H groups in total. The number of hydrogen-bond donors (Lipinski definition) is 3. The van der Waals surface area contributed by atoms with Gasteiger partial charge in [0.2, 0.25) is 5.43 Å². The molecule has 4 atom stereocenters. The Labute approximate surface area is 369 Å². The minimum atomic E-state index is -0.947. The van der Waals surface area contributed by atoms with Gasteiger partial charge in [0.25, 0.3) is 11.8 Å². The molecule has 2 fully saturated rings. The van der Waals surface area contributed by atoms with Gasteiger partial charge in [-0.3, -0.25) is 19.4 Å². The molecule has 0 unspecified atom stereocenters. The van der Waals surface area contributed by atoms with Gasteiger partial charge in [-0.05, 0) is 52.6 Å². The van der Waals surface area contributed by atoms with E-state index < -0.39 is 24.3 Å². The molecule has 2 saturated heterocycles. The van der Waals surface area contributed by atoms with Crippen molar-refractivity contribution in [2.24, 2.45) is 4.99 Å². The van der Waals surface area contributed by atoms with Crippen molar-refractivity contribution >= 4 is 80.7 Å². The van der Waals surface area contributed by atoms with Crippen LogP contribution in [0, 0.1) is 0 Å². The van der Waals surface area contributed by atoms with Gasteiger partial charge < -0.3 is 39.3 Å². The van der Waals surface area contributed by atoms with Crippen molar-refractivity contribution < 1.29 is 33.1 Å². The number of H-pyrrole nitrogens is 1. The zero-order valence-corrected chi connectivity index (χ0v) is 35.7. The van der Waals surface area contributed by atoms with Crippen LogP contribution in [0.1, 0.15) is 47.1 Å². The molecule has 5 heterocycles. The number of aromatic amines is 1. The number of nitrogens with zero attached hydrogens (tertiary/aromatic N) is 4. The smallest absolute Gasteiger partial charge is 0.407 e. The van der Waals surface area contributed by atoms with Gasteiger partial charge >= 0.3 is 12.2 Å². The molecule has 3 aliphatic heterocycles. The molecule has 4 amide bonds. The summed E-state index contributed by atoms with van der Waals surface area (Å²) in [4.78, 5) is 82.7. The molecule has 0 radical (unpaired) electrons. The summed E-state index contributed by atoms with van der Waals surface area (Å²) in [5.74, 6) is 2.17. The molecule has 320 valence electrons. The number of thioether (sulfide) groups is 2. The van der Waals surface area contributed by atoms with Crippen molar-refractivity contribution in [3.8, 4) is 11.3 Å². The first-order chi connectivity index (χ1) is 30.7. The van der Waals surface area contributed by atoms with Crippen molar-refractivity contribution in [1.29, 1.82) is 0 Å². The molecule has 15 nitrogen and oxygen atoms in total. The number of aliphatic imine (C=N–C) groups is 1. The molecule has 0 saturated carbocycles. The van der Waals surface area contributed by atoms with Crippen molar-refractivity contribution in [3.63, 3.8) is 0 Å². The van der Waals surface area contributed by atoms with E-state index in [1.807, 2.05) is 42.5 Å². The number of hydrogen-bond acceptors (Lipinski definition) is 12. The fourth-order valence-electron chi connectivity index (χ4n) is 8.08. The SMILES string of the molecule is COC(=O)N[C@@H](C(=O)N1CSC[C@H]1C1=NC=C(c2ccc3c(=O)c4cc(-c5cnc([C@@H]6CSCN6C(=O)[C@H](NC(=O)OC)c6ccccc6)[nH]5)ccc4oc3c2)C1)c1ccccc1.